The molecule has 0 unspecified atom stereocenters. The molecule has 0 spiro atoms. The van der Waals surface area contributed by atoms with Crippen LogP contribution in [0.5, 0.6) is 0 Å². The Labute approximate surface area is 89.9 Å². The lowest BCUT2D eigenvalue weighted by Crippen LogP contribution is -2.06. The quantitative estimate of drug-likeness (QED) is 0.877. The van der Waals surface area contributed by atoms with Crippen LogP contribution in [0.25, 0.3) is 11.5 Å². The van der Waals surface area contributed by atoms with E-state index >= 15 is 0 Å². The average molecular weight is 230 g/mol. The fourth-order valence-electron chi connectivity index (χ4n) is 1.02. The van der Waals surface area contributed by atoms with E-state index in [-0.39, 0.29) is 0 Å². The lowest BCUT2D eigenvalue weighted by molar-refractivity contribution is 0.421. The van der Waals surface area contributed by atoms with Crippen LogP contribution in [0.15, 0.2) is 16.0 Å². The standard InChI is InChI=1S/C8H8ClN3OS/c1-10-3-7-11-8(13-12-7)5-2-6(9)14-4-5/h2,4,10H,3H2,1H3. The zero-order valence-corrected chi connectivity index (χ0v) is 9.02. The summed E-state index contributed by atoms with van der Waals surface area (Å²) < 4.78 is 5.78. The van der Waals surface area contributed by atoms with Crippen LogP contribution >= 0.6 is 22.9 Å². The minimum Gasteiger partial charge on any atom is -0.334 e. The number of hydrogen-bond donors (Lipinski definition) is 1. The van der Waals surface area contributed by atoms with E-state index in [2.05, 4.69) is 15.5 Å². The third kappa shape index (κ3) is 1.95. The van der Waals surface area contributed by atoms with Gasteiger partial charge in [0.15, 0.2) is 5.82 Å². The molecule has 1 N–H and O–H groups in total. The van der Waals surface area contributed by atoms with E-state index < -0.39 is 0 Å². The SMILES string of the molecule is CNCc1noc(-c2csc(Cl)c2)n1. The van der Waals surface area contributed by atoms with Gasteiger partial charge in [-0.05, 0) is 13.1 Å². The smallest absolute Gasteiger partial charge is 0.258 e. The molecule has 0 fully saturated rings. The topological polar surface area (TPSA) is 51.0 Å². The lowest BCUT2D eigenvalue weighted by atomic mass is 10.3. The van der Waals surface area contributed by atoms with Crippen molar-refractivity contribution in [2.24, 2.45) is 0 Å². The fraction of sp³-hybridized carbons (Fsp3) is 0.250. The van der Waals surface area contributed by atoms with E-state index in [9.17, 15) is 0 Å². The van der Waals surface area contributed by atoms with Crippen LogP contribution < -0.4 is 5.32 Å². The summed E-state index contributed by atoms with van der Waals surface area (Å²) in [5.74, 6) is 1.16. The van der Waals surface area contributed by atoms with E-state index in [1.807, 2.05) is 18.5 Å². The van der Waals surface area contributed by atoms with Crippen molar-refractivity contribution in [3.8, 4) is 11.5 Å². The molecule has 0 bridgehead atoms. The predicted octanol–water partition coefficient (Wildman–Crippen LogP) is 2.17. The Kier molecular flexibility index (Phi) is 2.81. The molecule has 2 aromatic heterocycles. The summed E-state index contributed by atoms with van der Waals surface area (Å²) >= 11 is 7.24. The molecule has 74 valence electrons. The lowest BCUT2D eigenvalue weighted by Gasteiger charge is -1.86. The van der Waals surface area contributed by atoms with Gasteiger partial charge in [-0.3, -0.25) is 0 Å². The van der Waals surface area contributed by atoms with Gasteiger partial charge in [0.1, 0.15) is 0 Å². The van der Waals surface area contributed by atoms with Crippen molar-refractivity contribution < 1.29 is 4.52 Å². The van der Waals surface area contributed by atoms with E-state index in [1.165, 1.54) is 11.3 Å². The summed E-state index contributed by atoms with van der Waals surface area (Å²) in [5.41, 5.74) is 0.870. The van der Waals surface area contributed by atoms with Crippen LogP contribution in [0, 0.1) is 0 Å². The molecule has 2 rings (SSSR count). The van der Waals surface area contributed by atoms with Gasteiger partial charge in [-0.2, -0.15) is 4.98 Å². The summed E-state index contributed by atoms with van der Waals surface area (Å²) in [5, 5.41) is 8.64. The van der Waals surface area contributed by atoms with Crippen molar-refractivity contribution in [3.05, 3.63) is 21.6 Å². The third-order valence-electron chi connectivity index (χ3n) is 1.62. The van der Waals surface area contributed by atoms with E-state index in [4.69, 9.17) is 16.1 Å². The predicted molar refractivity (Wildman–Crippen MR) is 55.4 cm³/mol. The molecule has 0 aromatic carbocycles. The van der Waals surface area contributed by atoms with Crippen molar-refractivity contribution in [1.82, 2.24) is 15.5 Å². The maximum Gasteiger partial charge on any atom is 0.258 e. The fourth-order valence-corrected chi connectivity index (χ4v) is 1.88. The number of nitrogens with one attached hydrogen (secondary N) is 1. The summed E-state index contributed by atoms with van der Waals surface area (Å²) in [6, 6.07) is 1.81. The summed E-state index contributed by atoms with van der Waals surface area (Å²) in [6.45, 7) is 0.599. The Morgan fingerprint density at radius 2 is 2.50 bits per heavy atom. The van der Waals surface area contributed by atoms with Crippen LogP contribution in [-0.2, 0) is 6.54 Å². The molecule has 0 saturated heterocycles. The molecule has 0 aliphatic rings. The Hall–Kier alpha value is -0.910. The van der Waals surface area contributed by atoms with Gasteiger partial charge in [0, 0.05) is 5.38 Å². The van der Waals surface area contributed by atoms with Crippen molar-refractivity contribution in [1.29, 1.82) is 0 Å². The van der Waals surface area contributed by atoms with Gasteiger partial charge in [0.25, 0.3) is 5.89 Å². The normalized spacial score (nSPS) is 10.7. The summed E-state index contributed by atoms with van der Waals surface area (Å²) in [4.78, 5) is 4.19. The maximum absolute atomic E-state index is 5.79. The second kappa shape index (κ2) is 4.08. The summed E-state index contributed by atoms with van der Waals surface area (Å²) in [7, 11) is 1.83. The van der Waals surface area contributed by atoms with Gasteiger partial charge < -0.3 is 9.84 Å². The first-order valence-electron chi connectivity index (χ1n) is 4.01. The van der Waals surface area contributed by atoms with Crippen molar-refractivity contribution in [3.63, 3.8) is 0 Å². The second-order valence-electron chi connectivity index (χ2n) is 2.69. The Morgan fingerprint density at radius 1 is 1.64 bits per heavy atom. The minimum atomic E-state index is 0.512. The molecule has 4 nitrogen and oxygen atoms in total. The number of nitrogens with zero attached hydrogens (tertiary/aromatic N) is 2. The van der Waals surface area contributed by atoms with Gasteiger partial charge >= 0.3 is 0 Å². The molecule has 0 atom stereocenters. The Balaban J connectivity index is 2.24. The maximum atomic E-state index is 5.79. The highest BCUT2D eigenvalue weighted by Crippen LogP contribution is 2.27. The molecular formula is C8H8ClN3OS. The first-order valence-corrected chi connectivity index (χ1v) is 5.27. The minimum absolute atomic E-state index is 0.512. The van der Waals surface area contributed by atoms with Crippen LogP contribution in [0.2, 0.25) is 4.34 Å². The molecule has 14 heavy (non-hydrogen) atoms. The molecule has 0 amide bonds. The Morgan fingerprint density at radius 3 is 3.14 bits per heavy atom. The van der Waals surface area contributed by atoms with Gasteiger partial charge in [-0.1, -0.05) is 16.8 Å². The monoisotopic (exact) mass is 229 g/mol. The number of hydrogen-bond acceptors (Lipinski definition) is 5. The molecule has 0 saturated carbocycles. The summed E-state index contributed by atoms with van der Waals surface area (Å²) in [6.07, 6.45) is 0. The largest absolute Gasteiger partial charge is 0.334 e. The van der Waals surface area contributed by atoms with Gasteiger partial charge in [-0.15, -0.1) is 11.3 Å². The highest BCUT2D eigenvalue weighted by molar-refractivity contribution is 7.14. The van der Waals surface area contributed by atoms with Crippen LogP contribution in [0.3, 0.4) is 0 Å². The highest BCUT2D eigenvalue weighted by atomic mass is 35.5. The van der Waals surface area contributed by atoms with Gasteiger partial charge in [0.2, 0.25) is 0 Å². The second-order valence-corrected chi connectivity index (χ2v) is 4.23. The Bertz CT molecular complexity index is 426. The zero-order valence-electron chi connectivity index (χ0n) is 7.45. The van der Waals surface area contributed by atoms with Crippen molar-refractivity contribution >= 4 is 22.9 Å². The molecule has 6 heteroatoms. The first kappa shape index (κ1) is 9.64. The molecule has 0 radical (unpaired) electrons. The molecular weight excluding hydrogens is 222 g/mol. The molecule has 2 heterocycles. The van der Waals surface area contributed by atoms with Crippen LogP contribution in [0.1, 0.15) is 5.82 Å². The number of rotatable bonds is 3. The first-order chi connectivity index (χ1) is 6.79. The van der Waals surface area contributed by atoms with Crippen LogP contribution in [0.4, 0.5) is 0 Å². The van der Waals surface area contributed by atoms with Crippen molar-refractivity contribution in [2.75, 3.05) is 7.05 Å². The van der Waals surface area contributed by atoms with Crippen molar-refractivity contribution in [2.45, 2.75) is 6.54 Å². The van der Waals surface area contributed by atoms with E-state index in [1.54, 1.807) is 0 Å². The van der Waals surface area contributed by atoms with E-state index in [0.717, 1.165) is 5.56 Å². The number of aromatic nitrogens is 2. The zero-order chi connectivity index (χ0) is 9.97. The van der Waals surface area contributed by atoms with Crippen LogP contribution in [-0.4, -0.2) is 17.2 Å². The molecule has 0 aliphatic heterocycles. The van der Waals surface area contributed by atoms with Gasteiger partial charge in [0.05, 0.1) is 16.4 Å². The number of halogens is 1. The van der Waals surface area contributed by atoms with Gasteiger partial charge in [-0.25, -0.2) is 0 Å². The highest BCUT2D eigenvalue weighted by Gasteiger charge is 2.09. The average Bonchev–Trinajstić information content (AvgIpc) is 2.74. The molecule has 0 aliphatic carbocycles. The number of thiophene rings is 1. The molecule has 2 aromatic rings. The third-order valence-corrected chi connectivity index (χ3v) is 2.71. The van der Waals surface area contributed by atoms with E-state index in [0.29, 0.717) is 22.6 Å².